The van der Waals surface area contributed by atoms with Crippen LogP contribution < -0.4 is 5.73 Å². The first-order chi connectivity index (χ1) is 8.81. The fourth-order valence-corrected chi connectivity index (χ4v) is 1.97. The monoisotopic (exact) mass is 242 g/mol. The smallest absolute Gasteiger partial charge is 0.164 e. The maximum absolute atomic E-state index is 13.8. The van der Waals surface area contributed by atoms with Gasteiger partial charge in [0.1, 0.15) is 17.3 Å². The molecule has 0 aliphatic rings. The molecule has 0 saturated carbocycles. The highest BCUT2D eigenvalue weighted by Gasteiger charge is 2.15. The van der Waals surface area contributed by atoms with Crippen molar-refractivity contribution in [1.82, 2.24) is 14.4 Å². The van der Waals surface area contributed by atoms with Gasteiger partial charge in [-0.1, -0.05) is 12.1 Å². The fraction of sp³-hybridized carbons (Fsp3) is 0.0769. The Morgan fingerprint density at radius 1 is 1.22 bits per heavy atom. The van der Waals surface area contributed by atoms with Crippen molar-refractivity contribution in [1.29, 1.82) is 0 Å². The standard InChI is InChI=1S/C13H11FN4/c14-10-5-2-1-4-9(10)12-13-16-6-3-7-18(13)11(8-15)17-12/h1-7H,8,15H2. The number of rotatable bonds is 2. The van der Waals surface area contributed by atoms with Crippen molar-refractivity contribution in [2.24, 2.45) is 5.73 Å². The van der Waals surface area contributed by atoms with Crippen molar-refractivity contribution >= 4 is 5.65 Å². The van der Waals surface area contributed by atoms with E-state index < -0.39 is 0 Å². The zero-order chi connectivity index (χ0) is 12.5. The minimum absolute atomic E-state index is 0.279. The second-order valence-electron chi connectivity index (χ2n) is 3.87. The number of nitrogens with two attached hydrogens (primary N) is 1. The van der Waals surface area contributed by atoms with E-state index in [0.29, 0.717) is 22.7 Å². The predicted octanol–water partition coefficient (Wildman–Crippen LogP) is 1.99. The summed E-state index contributed by atoms with van der Waals surface area (Å²) in [6, 6.07) is 8.31. The van der Waals surface area contributed by atoms with Crippen LogP contribution in [0.3, 0.4) is 0 Å². The van der Waals surface area contributed by atoms with Crippen LogP contribution in [0.4, 0.5) is 4.39 Å². The minimum atomic E-state index is -0.313. The van der Waals surface area contributed by atoms with Crippen molar-refractivity contribution in [2.45, 2.75) is 6.54 Å². The molecular formula is C13H11FN4. The van der Waals surface area contributed by atoms with Crippen molar-refractivity contribution in [3.05, 3.63) is 54.4 Å². The Kier molecular flexibility index (Phi) is 2.53. The lowest BCUT2D eigenvalue weighted by Gasteiger charge is -1.99. The summed E-state index contributed by atoms with van der Waals surface area (Å²) < 4.78 is 15.6. The Hall–Kier alpha value is -2.27. The first-order valence-electron chi connectivity index (χ1n) is 5.58. The van der Waals surface area contributed by atoms with Gasteiger partial charge in [0, 0.05) is 18.0 Å². The topological polar surface area (TPSA) is 56.2 Å². The molecule has 0 radical (unpaired) electrons. The molecule has 0 saturated heterocycles. The van der Waals surface area contributed by atoms with E-state index in [9.17, 15) is 4.39 Å². The third-order valence-electron chi connectivity index (χ3n) is 2.79. The average Bonchev–Trinajstić information content (AvgIpc) is 2.78. The van der Waals surface area contributed by atoms with E-state index in [1.54, 1.807) is 34.9 Å². The molecule has 3 rings (SSSR count). The van der Waals surface area contributed by atoms with Gasteiger partial charge in [-0.2, -0.15) is 0 Å². The maximum atomic E-state index is 13.8. The second kappa shape index (κ2) is 4.19. The summed E-state index contributed by atoms with van der Waals surface area (Å²) in [7, 11) is 0. The molecular weight excluding hydrogens is 231 g/mol. The number of fused-ring (bicyclic) bond motifs is 1. The summed E-state index contributed by atoms with van der Waals surface area (Å²) >= 11 is 0. The van der Waals surface area contributed by atoms with Crippen molar-refractivity contribution in [2.75, 3.05) is 0 Å². The zero-order valence-corrected chi connectivity index (χ0v) is 9.55. The van der Waals surface area contributed by atoms with Crippen LogP contribution in [0.5, 0.6) is 0 Å². The molecule has 18 heavy (non-hydrogen) atoms. The Bertz CT molecular complexity index is 705. The van der Waals surface area contributed by atoms with Crippen molar-refractivity contribution in [3.63, 3.8) is 0 Å². The molecule has 0 fully saturated rings. The third kappa shape index (κ3) is 1.56. The molecule has 0 aliphatic carbocycles. The average molecular weight is 242 g/mol. The highest BCUT2D eigenvalue weighted by Crippen LogP contribution is 2.25. The van der Waals surface area contributed by atoms with Crippen LogP contribution in [0, 0.1) is 5.82 Å². The van der Waals surface area contributed by atoms with Crippen molar-refractivity contribution < 1.29 is 4.39 Å². The van der Waals surface area contributed by atoms with E-state index in [2.05, 4.69) is 9.97 Å². The SMILES string of the molecule is NCc1nc(-c2ccccc2F)c2ncccn12. The number of halogens is 1. The predicted molar refractivity (Wildman–Crippen MR) is 66.3 cm³/mol. The van der Waals surface area contributed by atoms with E-state index in [-0.39, 0.29) is 12.4 Å². The van der Waals surface area contributed by atoms with E-state index in [0.717, 1.165) is 0 Å². The van der Waals surface area contributed by atoms with Crippen LogP contribution >= 0.6 is 0 Å². The van der Waals surface area contributed by atoms with Crippen LogP contribution in [0.15, 0.2) is 42.7 Å². The Balaban J connectivity index is 2.33. The molecule has 0 bridgehead atoms. The summed E-state index contributed by atoms with van der Waals surface area (Å²) in [4.78, 5) is 8.62. The van der Waals surface area contributed by atoms with Crippen molar-refractivity contribution in [3.8, 4) is 11.3 Å². The van der Waals surface area contributed by atoms with Crippen LogP contribution in [0.1, 0.15) is 5.82 Å². The summed E-state index contributed by atoms with van der Waals surface area (Å²) in [6.07, 6.45) is 3.48. The normalized spacial score (nSPS) is 11.0. The van der Waals surface area contributed by atoms with Gasteiger partial charge in [0.25, 0.3) is 0 Å². The Morgan fingerprint density at radius 3 is 2.83 bits per heavy atom. The van der Waals surface area contributed by atoms with E-state index in [4.69, 9.17) is 5.73 Å². The number of hydrogen-bond acceptors (Lipinski definition) is 3. The molecule has 2 N–H and O–H groups in total. The van der Waals surface area contributed by atoms with Gasteiger partial charge in [0.15, 0.2) is 5.65 Å². The Morgan fingerprint density at radius 2 is 2.06 bits per heavy atom. The molecule has 2 heterocycles. The van der Waals surface area contributed by atoms with Gasteiger partial charge in [-0.05, 0) is 18.2 Å². The number of imidazole rings is 1. The number of nitrogens with zero attached hydrogens (tertiary/aromatic N) is 3. The van der Waals surface area contributed by atoms with Gasteiger partial charge < -0.3 is 5.73 Å². The molecule has 3 aromatic rings. The summed E-state index contributed by atoms with van der Waals surface area (Å²) in [5, 5.41) is 0. The second-order valence-corrected chi connectivity index (χ2v) is 3.87. The van der Waals surface area contributed by atoms with Gasteiger partial charge in [0.05, 0.1) is 6.54 Å². The zero-order valence-electron chi connectivity index (χ0n) is 9.55. The molecule has 0 aliphatic heterocycles. The van der Waals surface area contributed by atoms with Gasteiger partial charge in [0.2, 0.25) is 0 Å². The maximum Gasteiger partial charge on any atom is 0.164 e. The van der Waals surface area contributed by atoms with Crippen LogP contribution in [-0.4, -0.2) is 14.4 Å². The number of hydrogen-bond donors (Lipinski definition) is 1. The Labute approximate surface area is 103 Å². The van der Waals surface area contributed by atoms with Gasteiger partial charge in [-0.3, -0.25) is 4.40 Å². The third-order valence-corrected chi connectivity index (χ3v) is 2.79. The van der Waals surface area contributed by atoms with Crippen LogP contribution in [-0.2, 0) is 6.54 Å². The summed E-state index contributed by atoms with van der Waals surface area (Å²) in [6.45, 7) is 0.279. The van der Waals surface area contributed by atoms with Crippen LogP contribution in [0.2, 0.25) is 0 Å². The highest BCUT2D eigenvalue weighted by atomic mass is 19.1. The van der Waals surface area contributed by atoms with Crippen LogP contribution in [0.25, 0.3) is 16.9 Å². The molecule has 90 valence electrons. The molecule has 0 spiro atoms. The highest BCUT2D eigenvalue weighted by molar-refractivity contribution is 5.74. The lowest BCUT2D eigenvalue weighted by atomic mass is 10.1. The fourth-order valence-electron chi connectivity index (χ4n) is 1.97. The minimum Gasteiger partial charge on any atom is -0.324 e. The molecule has 1 aromatic carbocycles. The van der Waals surface area contributed by atoms with Gasteiger partial charge >= 0.3 is 0 Å². The first-order valence-corrected chi connectivity index (χ1v) is 5.58. The van der Waals surface area contributed by atoms with E-state index in [1.165, 1.54) is 6.07 Å². The molecule has 0 atom stereocenters. The molecule has 0 amide bonds. The molecule has 2 aromatic heterocycles. The van der Waals surface area contributed by atoms with Gasteiger partial charge in [-0.15, -0.1) is 0 Å². The quantitative estimate of drug-likeness (QED) is 0.747. The van der Waals surface area contributed by atoms with Gasteiger partial charge in [-0.25, -0.2) is 14.4 Å². The molecule has 5 heteroatoms. The number of benzene rings is 1. The number of aromatic nitrogens is 3. The first kappa shape index (κ1) is 10.9. The summed E-state index contributed by atoms with van der Waals surface area (Å²) in [5.41, 5.74) is 7.22. The lowest BCUT2D eigenvalue weighted by molar-refractivity contribution is 0.631. The molecule has 4 nitrogen and oxygen atoms in total. The largest absolute Gasteiger partial charge is 0.324 e. The summed E-state index contributed by atoms with van der Waals surface area (Å²) in [5.74, 6) is 0.350. The lowest BCUT2D eigenvalue weighted by Crippen LogP contribution is -2.02. The van der Waals surface area contributed by atoms with E-state index >= 15 is 0 Å². The molecule has 0 unspecified atom stereocenters. The van der Waals surface area contributed by atoms with E-state index in [1.807, 2.05) is 6.20 Å².